The lowest BCUT2D eigenvalue weighted by molar-refractivity contribution is 0.333. The third-order valence-corrected chi connectivity index (χ3v) is 3.44. The number of anilines is 2. The summed E-state index contributed by atoms with van der Waals surface area (Å²) in [6.45, 7) is 3.71. The first-order valence-corrected chi connectivity index (χ1v) is 7.09. The quantitative estimate of drug-likeness (QED) is 0.834. The number of hydrogen-bond donors (Lipinski definition) is 2. The van der Waals surface area contributed by atoms with Crippen LogP contribution in [0.3, 0.4) is 0 Å². The van der Waals surface area contributed by atoms with Crippen LogP contribution in [0.25, 0.3) is 5.95 Å². The predicted octanol–water partition coefficient (Wildman–Crippen LogP) is 1.70. The molecule has 2 aromatic rings. The summed E-state index contributed by atoms with van der Waals surface area (Å²) in [5, 5.41) is 10.6. The highest BCUT2D eigenvalue weighted by atomic mass is 15.4. The molecule has 0 atom stereocenters. The molecule has 1 aliphatic rings. The Bertz CT molecular complexity index is 548. The normalized spacial score (nSPS) is 14.8. The van der Waals surface area contributed by atoms with Crippen molar-refractivity contribution in [2.45, 2.75) is 26.2 Å². The van der Waals surface area contributed by atoms with Crippen LogP contribution in [0.4, 0.5) is 11.9 Å². The molecule has 0 aliphatic heterocycles. The first kappa shape index (κ1) is 12.8. The van der Waals surface area contributed by atoms with E-state index in [1.54, 1.807) is 10.9 Å². The number of aromatic nitrogens is 5. The van der Waals surface area contributed by atoms with E-state index in [1.807, 2.05) is 19.2 Å². The molecule has 2 N–H and O–H groups in total. The molecular weight excluding hydrogens is 254 g/mol. The van der Waals surface area contributed by atoms with Crippen molar-refractivity contribution >= 4 is 11.9 Å². The van der Waals surface area contributed by atoms with E-state index < -0.39 is 0 Å². The highest BCUT2D eigenvalue weighted by Gasteiger charge is 2.17. The van der Waals surface area contributed by atoms with Crippen LogP contribution in [0.5, 0.6) is 0 Å². The second-order valence-electron chi connectivity index (χ2n) is 4.94. The molecule has 0 amide bonds. The van der Waals surface area contributed by atoms with Crippen molar-refractivity contribution in [3.63, 3.8) is 0 Å². The standard InChI is InChI=1S/C13H19N7/c1-2-14-11-17-12(15-9-10-5-3-6-10)19-13(18-11)20-8-4-7-16-20/h4,7-8,10H,2-3,5-6,9H2,1H3,(H2,14,15,17,18,19). The molecule has 0 aromatic carbocycles. The van der Waals surface area contributed by atoms with Gasteiger partial charge in [-0.05, 0) is 31.7 Å². The summed E-state index contributed by atoms with van der Waals surface area (Å²) >= 11 is 0. The average molecular weight is 273 g/mol. The van der Waals surface area contributed by atoms with E-state index in [2.05, 4.69) is 30.7 Å². The molecule has 7 nitrogen and oxygen atoms in total. The summed E-state index contributed by atoms with van der Waals surface area (Å²) < 4.78 is 1.64. The lowest BCUT2D eigenvalue weighted by atomic mass is 9.85. The molecule has 2 heterocycles. The Morgan fingerprint density at radius 1 is 1.20 bits per heavy atom. The van der Waals surface area contributed by atoms with E-state index in [0.717, 1.165) is 19.0 Å². The highest BCUT2D eigenvalue weighted by molar-refractivity contribution is 5.37. The predicted molar refractivity (Wildman–Crippen MR) is 76.9 cm³/mol. The largest absolute Gasteiger partial charge is 0.354 e. The Balaban J connectivity index is 1.80. The maximum absolute atomic E-state index is 4.42. The summed E-state index contributed by atoms with van der Waals surface area (Å²) in [6.07, 6.45) is 7.46. The highest BCUT2D eigenvalue weighted by Crippen LogP contribution is 2.26. The Hall–Kier alpha value is -2.18. The minimum absolute atomic E-state index is 0.525. The molecule has 1 fully saturated rings. The molecular formula is C13H19N7. The van der Waals surface area contributed by atoms with Gasteiger partial charge in [-0.25, -0.2) is 4.68 Å². The average Bonchev–Trinajstić information content (AvgIpc) is 2.91. The molecule has 106 valence electrons. The van der Waals surface area contributed by atoms with Crippen LogP contribution < -0.4 is 10.6 Å². The molecule has 20 heavy (non-hydrogen) atoms. The van der Waals surface area contributed by atoms with Gasteiger partial charge in [0.1, 0.15) is 0 Å². The van der Waals surface area contributed by atoms with Gasteiger partial charge in [-0.3, -0.25) is 0 Å². The van der Waals surface area contributed by atoms with Gasteiger partial charge < -0.3 is 10.6 Å². The van der Waals surface area contributed by atoms with Gasteiger partial charge >= 0.3 is 0 Å². The minimum atomic E-state index is 0.525. The van der Waals surface area contributed by atoms with Crippen LogP contribution in [0.2, 0.25) is 0 Å². The van der Waals surface area contributed by atoms with Crippen LogP contribution in [-0.4, -0.2) is 37.8 Å². The zero-order valence-corrected chi connectivity index (χ0v) is 11.6. The molecule has 0 bridgehead atoms. The number of hydrogen-bond acceptors (Lipinski definition) is 6. The van der Waals surface area contributed by atoms with Gasteiger partial charge in [-0.1, -0.05) is 6.42 Å². The number of rotatable bonds is 6. The Kier molecular flexibility index (Phi) is 3.76. The van der Waals surface area contributed by atoms with Gasteiger partial charge in [0, 0.05) is 25.5 Å². The first-order valence-electron chi connectivity index (χ1n) is 7.09. The van der Waals surface area contributed by atoms with E-state index in [1.165, 1.54) is 19.3 Å². The maximum atomic E-state index is 4.42. The lowest BCUT2D eigenvalue weighted by Crippen LogP contribution is -2.22. The molecule has 1 saturated carbocycles. The third-order valence-electron chi connectivity index (χ3n) is 3.44. The fourth-order valence-corrected chi connectivity index (χ4v) is 2.10. The van der Waals surface area contributed by atoms with Crippen molar-refractivity contribution in [3.05, 3.63) is 18.5 Å². The van der Waals surface area contributed by atoms with Crippen LogP contribution in [-0.2, 0) is 0 Å². The molecule has 3 rings (SSSR count). The van der Waals surface area contributed by atoms with Crippen molar-refractivity contribution in [1.29, 1.82) is 0 Å². The van der Waals surface area contributed by atoms with Gasteiger partial charge in [0.25, 0.3) is 5.95 Å². The van der Waals surface area contributed by atoms with E-state index >= 15 is 0 Å². The smallest absolute Gasteiger partial charge is 0.257 e. The van der Waals surface area contributed by atoms with E-state index in [0.29, 0.717) is 17.8 Å². The second-order valence-corrected chi connectivity index (χ2v) is 4.94. The van der Waals surface area contributed by atoms with Gasteiger partial charge in [-0.2, -0.15) is 20.1 Å². The third kappa shape index (κ3) is 2.87. The fourth-order valence-electron chi connectivity index (χ4n) is 2.10. The maximum Gasteiger partial charge on any atom is 0.257 e. The van der Waals surface area contributed by atoms with E-state index in [-0.39, 0.29) is 0 Å². The SMILES string of the molecule is CCNc1nc(NCC2CCC2)nc(-n2cccn2)n1. The van der Waals surface area contributed by atoms with Crippen LogP contribution in [0, 0.1) is 5.92 Å². The summed E-state index contributed by atoms with van der Waals surface area (Å²) in [7, 11) is 0. The summed E-state index contributed by atoms with van der Waals surface area (Å²) in [4.78, 5) is 13.1. The van der Waals surface area contributed by atoms with Crippen molar-refractivity contribution in [2.75, 3.05) is 23.7 Å². The van der Waals surface area contributed by atoms with Gasteiger partial charge in [-0.15, -0.1) is 0 Å². The molecule has 0 unspecified atom stereocenters. The zero-order valence-electron chi connectivity index (χ0n) is 11.6. The van der Waals surface area contributed by atoms with Crippen molar-refractivity contribution < 1.29 is 0 Å². The van der Waals surface area contributed by atoms with Crippen LogP contribution >= 0.6 is 0 Å². The number of nitrogens with one attached hydrogen (secondary N) is 2. The van der Waals surface area contributed by atoms with Gasteiger partial charge in [0.15, 0.2) is 0 Å². The van der Waals surface area contributed by atoms with Crippen molar-refractivity contribution in [1.82, 2.24) is 24.7 Å². The Morgan fingerprint density at radius 2 is 2.00 bits per heavy atom. The van der Waals surface area contributed by atoms with Crippen LogP contribution in [0.1, 0.15) is 26.2 Å². The second kappa shape index (κ2) is 5.85. The summed E-state index contributed by atoms with van der Waals surface area (Å²) in [5.41, 5.74) is 0. The number of nitrogens with zero attached hydrogens (tertiary/aromatic N) is 5. The monoisotopic (exact) mass is 273 g/mol. The molecule has 0 radical (unpaired) electrons. The molecule has 0 saturated heterocycles. The fraction of sp³-hybridized carbons (Fsp3) is 0.538. The van der Waals surface area contributed by atoms with Gasteiger partial charge in [0.2, 0.25) is 11.9 Å². The summed E-state index contributed by atoms with van der Waals surface area (Å²) in [6, 6.07) is 1.85. The van der Waals surface area contributed by atoms with Crippen molar-refractivity contribution in [3.8, 4) is 5.95 Å². The zero-order chi connectivity index (χ0) is 13.8. The molecule has 0 spiro atoms. The topological polar surface area (TPSA) is 80.5 Å². The molecule has 7 heteroatoms. The van der Waals surface area contributed by atoms with Crippen molar-refractivity contribution in [2.24, 2.45) is 5.92 Å². The van der Waals surface area contributed by atoms with Crippen LogP contribution in [0.15, 0.2) is 18.5 Å². The Morgan fingerprint density at radius 3 is 2.60 bits per heavy atom. The molecule has 2 aromatic heterocycles. The Labute approximate surface area is 117 Å². The van der Waals surface area contributed by atoms with E-state index in [4.69, 9.17) is 0 Å². The minimum Gasteiger partial charge on any atom is -0.354 e. The first-order chi connectivity index (χ1) is 9.85. The van der Waals surface area contributed by atoms with E-state index in [9.17, 15) is 0 Å². The molecule has 1 aliphatic carbocycles. The lowest BCUT2D eigenvalue weighted by Gasteiger charge is -2.25. The van der Waals surface area contributed by atoms with Gasteiger partial charge in [0.05, 0.1) is 0 Å². The summed E-state index contributed by atoms with van der Waals surface area (Å²) in [5.74, 6) is 2.46.